The Balaban J connectivity index is 1.85. The molecule has 0 radical (unpaired) electrons. The lowest BCUT2D eigenvalue weighted by Crippen LogP contribution is -2.22. The number of halogens is 2. The average Bonchev–Trinajstić information content (AvgIpc) is 3.31. The van der Waals surface area contributed by atoms with Crippen molar-refractivity contribution >= 4 is 34.1 Å². The highest BCUT2D eigenvalue weighted by atomic mass is 32.1. The Hall–Kier alpha value is -2.82. The van der Waals surface area contributed by atoms with Crippen molar-refractivity contribution in [2.24, 2.45) is 5.73 Å². The molecule has 1 saturated carbocycles. The van der Waals surface area contributed by atoms with Crippen LogP contribution in [0.15, 0.2) is 6.07 Å². The van der Waals surface area contributed by atoms with Gasteiger partial charge in [0.25, 0.3) is 12.3 Å². The number of nitrogens with two attached hydrogens (primary N) is 1. The quantitative estimate of drug-likeness (QED) is 0.678. The van der Waals surface area contributed by atoms with Gasteiger partial charge in [0.15, 0.2) is 0 Å². The van der Waals surface area contributed by atoms with E-state index in [-0.39, 0.29) is 32.6 Å². The molecule has 0 atom stereocenters. The molecule has 0 unspecified atom stereocenters. The van der Waals surface area contributed by atoms with E-state index in [1.165, 1.54) is 13.0 Å². The standard InChI is InChI=1S/C17H18F2N4O4S/c1-7-12(17(26)27-2)16(28-13(7)15(20)25)21-11(24)6-23-10(14(18)19)5-9(22-23)8-3-4-8/h5,8,14H,3-4,6H2,1-2H3,(H2,20,25)(H,21,24). The van der Waals surface area contributed by atoms with Gasteiger partial charge in [-0.25, -0.2) is 13.6 Å². The van der Waals surface area contributed by atoms with E-state index in [9.17, 15) is 23.2 Å². The number of anilines is 1. The highest BCUT2D eigenvalue weighted by Gasteiger charge is 2.30. The molecule has 2 amide bonds. The Morgan fingerprint density at radius 2 is 2.11 bits per heavy atom. The van der Waals surface area contributed by atoms with Crippen molar-refractivity contribution in [2.45, 2.75) is 38.7 Å². The van der Waals surface area contributed by atoms with Crippen LogP contribution in [0.2, 0.25) is 0 Å². The Kier molecular flexibility index (Phi) is 5.45. The Labute approximate surface area is 162 Å². The summed E-state index contributed by atoms with van der Waals surface area (Å²) in [4.78, 5) is 36.1. The second kappa shape index (κ2) is 7.66. The van der Waals surface area contributed by atoms with Crippen molar-refractivity contribution in [3.05, 3.63) is 33.5 Å². The van der Waals surface area contributed by atoms with Crippen LogP contribution in [0.1, 0.15) is 62.2 Å². The van der Waals surface area contributed by atoms with Crippen molar-refractivity contribution in [1.82, 2.24) is 9.78 Å². The molecule has 1 aliphatic rings. The summed E-state index contributed by atoms with van der Waals surface area (Å²) in [5.41, 5.74) is 5.78. The number of primary amides is 1. The van der Waals surface area contributed by atoms with Gasteiger partial charge < -0.3 is 15.8 Å². The molecule has 150 valence electrons. The Bertz CT molecular complexity index is 949. The maximum Gasteiger partial charge on any atom is 0.341 e. The first-order valence-electron chi connectivity index (χ1n) is 8.40. The van der Waals surface area contributed by atoms with Crippen LogP contribution in [-0.4, -0.2) is 34.7 Å². The molecule has 2 heterocycles. The normalized spacial score (nSPS) is 13.6. The third-order valence-corrected chi connectivity index (χ3v) is 5.58. The van der Waals surface area contributed by atoms with Gasteiger partial charge in [-0.05, 0) is 31.4 Å². The highest BCUT2D eigenvalue weighted by molar-refractivity contribution is 7.18. The first kappa shape index (κ1) is 19.9. The molecule has 0 saturated heterocycles. The molecule has 3 rings (SSSR count). The van der Waals surface area contributed by atoms with Crippen molar-refractivity contribution < 1.29 is 27.9 Å². The molecular formula is C17H18F2N4O4S. The van der Waals surface area contributed by atoms with Crippen LogP contribution in [-0.2, 0) is 16.1 Å². The molecule has 2 aromatic rings. The van der Waals surface area contributed by atoms with Crippen molar-refractivity contribution in [3.63, 3.8) is 0 Å². The minimum Gasteiger partial charge on any atom is -0.465 e. The molecule has 11 heteroatoms. The summed E-state index contributed by atoms with van der Waals surface area (Å²) >= 11 is 0.822. The van der Waals surface area contributed by atoms with E-state index in [4.69, 9.17) is 5.73 Å². The fraction of sp³-hybridized carbons (Fsp3) is 0.412. The number of nitrogens with one attached hydrogen (secondary N) is 1. The summed E-state index contributed by atoms with van der Waals surface area (Å²) in [6.45, 7) is 1.04. The molecule has 0 aliphatic heterocycles. The lowest BCUT2D eigenvalue weighted by molar-refractivity contribution is -0.117. The molecule has 8 nitrogen and oxygen atoms in total. The summed E-state index contributed by atoms with van der Waals surface area (Å²) in [5.74, 6) is -2.02. The SMILES string of the molecule is COC(=O)c1c(NC(=O)Cn2nc(C3CC3)cc2C(F)F)sc(C(N)=O)c1C. The zero-order valence-electron chi connectivity index (χ0n) is 15.1. The van der Waals surface area contributed by atoms with E-state index in [2.05, 4.69) is 15.2 Å². The zero-order chi connectivity index (χ0) is 20.6. The predicted molar refractivity (Wildman–Crippen MR) is 96.7 cm³/mol. The van der Waals surface area contributed by atoms with Gasteiger partial charge in [0.2, 0.25) is 5.91 Å². The van der Waals surface area contributed by atoms with Crippen LogP contribution >= 0.6 is 11.3 Å². The monoisotopic (exact) mass is 412 g/mol. The minimum absolute atomic E-state index is 0.00266. The van der Waals surface area contributed by atoms with Crippen molar-refractivity contribution in [1.29, 1.82) is 0 Å². The maximum absolute atomic E-state index is 13.3. The summed E-state index contributed by atoms with van der Waals surface area (Å²) < 4.78 is 32.2. The van der Waals surface area contributed by atoms with Gasteiger partial charge >= 0.3 is 5.97 Å². The second-order valence-electron chi connectivity index (χ2n) is 6.39. The van der Waals surface area contributed by atoms with Crippen molar-refractivity contribution in [3.8, 4) is 0 Å². The van der Waals surface area contributed by atoms with Crippen LogP contribution < -0.4 is 11.1 Å². The van der Waals surface area contributed by atoms with Crippen molar-refractivity contribution in [2.75, 3.05) is 12.4 Å². The molecule has 1 fully saturated rings. The van der Waals surface area contributed by atoms with Gasteiger partial charge in [-0.3, -0.25) is 14.3 Å². The van der Waals surface area contributed by atoms with E-state index in [1.54, 1.807) is 0 Å². The number of alkyl halides is 2. The van der Waals surface area contributed by atoms with Crippen LogP contribution in [0, 0.1) is 6.92 Å². The number of methoxy groups -OCH3 is 1. The number of carbonyl (C=O) groups is 3. The number of esters is 1. The number of aromatic nitrogens is 2. The topological polar surface area (TPSA) is 116 Å². The van der Waals surface area contributed by atoms with Crippen LogP contribution in [0.5, 0.6) is 0 Å². The largest absolute Gasteiger partial charge is 0.465 e. The summed E-state index contributed by atoms with van der Waals surface area (Å²) in [6, 6.07) is 1.32. The molecule has 0 aromatic carbocycles. The third-order valence-electron chi connectivity index (χ3n) is 4.36. The number of hydrogen-bond donors (Lipinski definition) is 2. The highest BCUT2D eigenvalue weighted by Crippen LogP contribution is 2.40. The number of hydrogen-bond acceptors (Lipinski definition) is 6. The molecule has 3 N–H and O–H groups in total. The van der Waals surface area contributed by atoms with Gasteiger partial charge in [0.1, 0.15) is 17.2 Å². The lowest BCUT2D eigenvalue weighted by Gasteiger charge is -2.08. The maximum atomic E-state index is 13.3. The van der Waals surface area contributed by atoms with E-state index >= 15 is 0 Å². The molecular weight excluding hydrogens is 394 g/mol. The molecule has 28 heavy (non-hydrogen) atoms. The molecule has 2 aromatic heterocycles. The Morgan fingerprint density at radius 3 is 2.64 bits per heavy atom. The summed E-state index contributed by atoms with van der Waals surface area (Å²) in [6.07, 6.45) is -0.999. The fourth-order valence-electron chi connectivity index (χ4n) is 2.82. The van der Waals surface area contributed by atoms with E-state index in [0.29, 0.717) is 5.69 Å². The van der Waals surface area contributed by atoms with Crippen LogP contribution in [0.25, 0.3) is 0 Å². The van der Waals surface area contributed by atoms with E-state index in [1.807, 2.05) is 0 Å². The number of ether oxygens (including phenoxy) is 1. The fourth-order valence-corrected chi connectivity index (χ4v) is 3.88. The van der Waals surface area contributed by atoms with Crippen LogP contribution in [0.3, 0.4) is 0 Å². The number of amides is 2. The first-order valence-corrected chi connectivity index (χ1v) is 9.21. The smallest absolute Gasteiger partial charge is 0.341 e. The van der Waals surface area contributed by atoms with Gasteiger partial charge in [0.05, 0.1) is 23.2 Å². The first-order chi connectivity index (χ1) is 13.2. The zero-order valence-corrected chi connectivity index (χ0v) is 15.9. The van der Waals surface area contributed by atoms with E-state index in [0.717, 1.165) is 36.0 Å². The minimum atomic E-state index is -2.77. The average molecular weight is 412 g/mol. The third kappa shape index (κ3) is 3.88. The second-order valence-corrected chi connectivity index (χ2v) is 7.41. The Morgan fingerprint density at radius 1 is 1.43 bits per heavy atom. The summed E-state index contributed by atoms with van der Waals surface area (Å²) in [5, 5.41) is 6.66. The summed E-state index contributed by atoms with van der Waals surface area (Å²) in [7, 11) is 1.16. The van der Waals surface area contributed by atoms with Gasteiger partial charge in [-0.1, -0.05) is 0 Å². The molecule has 0 spiro atoms. The number of nitrogens with zero attached hydrogens (tertiary/aromatic N) is 2. The van der Waals surface area contributed by atoms with Gasteiger partial charge in [-0.2, -0.15) is 5.10 Å². The van der Waals surface area contributed by atoms with Gasteiger partial charge in [-0.15, -0.1) is 11.3 Å². The number of thiophene rings is 1. The van der Waals surface area contributed by atoms with E-state index < -0.39 is 30.8 Å². The lowest BCUT2D eigenvalue weighted by atomic mass is 10.1. The number of rotatable bonds is 7. The van der Waals surface area contributed by atoms with Crippen LogP contribution in [0.4, 0.5) is 13.8 Å². The molecule has 1 aliphatic carbocycles. The van der Waals surface area contributed by atoms with Gasteiger partial charge in [0, 0.05) is 5.92 Å². The predicted octanol–water partition coefficient (Wildman–Crippen LogP) is 2.59. The number of carbonyl (C=O) groups excluding carboxylic acids is 3. The molecule has 0 bridgehead atoms.